The summed E-state index contributed by atoms with van der Waals surface area (Å²) in [6.45, 7) is 0.283. The van der Waals surface area contributed by atoms with Crippen molar-refractivity contribution in [3.8, 4) is 6.07 Å². The van der Waals surface area contributed by atoms with Crippen LogP contribution in [-0.4, -0.2) is 0 Å². The molecule has 0 aliphatic carbocycles. The average molecular weight is 118 g/mol. The molecule has 0 atom stereocenters. The van der Waals surface area contributed by atoms with Gasteiger partial charge in [0, 0.05) is 1.37 Å². The van der Waals surface area contributed by atoms with Crippen molar-refractivity contribution in [1.82, 2.24) is 0 Å². The Bertz CT molecular complexity index is 245. The van der Waals surface area contributed by atoms with Crippen LogP contribution in [0.3, 0.4) is 0 Å². The molecule has 0 aliphatic rings. The van der Waals surface area contributed by atoms with Crippen molar-refractivity contribution < 1.29 is 1.37 Å². The van der Waals surface area contributed by atoms with Gasteiger partial charge in [-0.25, -0.2) is 0 Å². The van der Waals surface area contributed by atoms with Crippen LogP contribution >= 0.6 is 0 Å². The summed E-state index contributed by atoms with van der Waals surface area (Å²) in [6.07, 6.45) is 0. The summed E-state index contributed by atoms with van der Waals surface area (Å²) in [6, 6.07) is 9.06. The fourth-order valence-corrected chi connectivity index (χ4v) is 0.579. The fraction of sp³-hybridized carbons (Fsp3) is 0.125. The van der Waals surface area contributed by atoms with Gasteiger partial charge in [0.25, 0.3) is 0 Å². The number of nitrogens with zero attached hydrogens (tertiary/aromatic N) is 1. The summed E-state index contributed by atoms with van der Waals surface area (Å²) in [5.41, 5.74) is 1.59. The lowest BCUT2D eigenvalue weighted by molar-refractivity contribution is 1.43. The molecule has 0 spiro atoms. The first-order valence-electron chi connectivity index (χ1n) is 3.36. The normalized spacial score (nSPS) is 9.89. The first-order chi connectivity index (χ1) is 4.86. The molecule has 1 heteroatoms. The van der Waals surface area contributed by atoms with Gasteiger partial charge in [0.05, 0.1) is 11.6 Å². The molecule has 0 saturated heterocycles. The predicted molar refractivity (Wildman–Crippen MR) is 35.9 cm³/mol. The van der Waals surface area contributed by atoms with E-state index in [1.165, 1.54) is 0 Å². The van der Waals surface area contributed by atoms with Crippen molar-refractivity contribution in [3.05, 3.63) is 35.4 Å². The van der Waals surface area contributed by atoms with Crippen molar-refractivity contribution in [2.45, 2.75) is 6.90 Å². The lowest BCUT2D eigenvalue weighted by Gasteiger charge is -1.88. The molecule has 0 fully saturated rings. The highest BCUT2D eigenvalue weighted by Gasteiger charge is 1.84. The molecule has 44 valence electrons. The maximum absolute atomic E-state index is 8.40. The number of rotatable bonds is 0. The Morgan fingerprint density at radius 3 is 2.56 bits per heavy atom. The molecule has 1 aromatic carbocycles. The van der Waals surface area contributed by atoms with Crippen molar-refractivity contribution in [3.63, 3.8) is 0 Å². The average Bonchev–Trinajstić information content (AvgIpc) is 2.05. The molecule has 1 rings (SSSR count). The Morgan fingerprint density at radius 1 is 1.44 bits per heavy atom. The standard InChI is InChI=1S/C8H7N/c1-7-2-4-8(6-9)5-3-7/h2-5H,1H3/i1D. The van der Waals surface area contributed by atoms with E-state index in [4.69, 9.17) is 6.63 Å². The minimum Gasteiger partial charge on any atom is -0.192 e. The van der Waals surface area contributed by atoms with Crippen LogP contribution in [0.1, 0.15) is 12.5 Å². The molecule has 0 N–H and O–H groups in total. The molecule has 0 aromatic heterocycles. The van der Waals surface area contributed by atoms with Gasteiger partial charge in [0.2, 0.25) is 0 Å². The molecule has 0 saturated carbocycles. The van der Waals surface area contributed by atoms with E-state index < -0.39 is 0 Å². The van der Waals surface area contributed by atoms with Crippen molar-refractivity contribution in [2.24, 2.45) is 0 Å². The van der Waals surface area contributed by atoms with Crippen LogP contribution in [0.15, 0.2) is 24.3 Å². The van der Waals surface area contributed by atoms with Crippen molar-refractivity contribution >= 4 is 0 Å². The third kappa shape index (κ3) is 1.30. The zero-order chi connectivity index (χ0) is 7.40. The van der Waals surface area contributed by atoms with Gasteiger partial charge < -0.3 is 0 Å². The maximum atomic E-state index is 8.40. The summed E-state index contributed by atoms with van der Waals surface area (Å²) in [4.78, 5) is 0. The third-order valence-electron chi connectivity index (χ3n) is 1.08. The van der Waals surface area contributed by atoms with E-state index in [9.17, 15) is 0 Å². The topological polar surface area (TPSA) is 23.8 Å². The molecule has 0 bridgehead atoms. The quantitative estimate of drug-likeness (QED) is 0.510. The van der Waals surface area contributed by atoms with Gasteiger partial charge in [-0.05, 0) is 19.0 Å². The van der Waals surface area contributed by atoms with Crippen LogP contribution in [0.2, 0.25) is 0 Å². The second-order valence-corrected chi connectivity index (χ2v) is 1.81. The van der Waals surface area contributed by atoms with E-state index >= 15 is 0 Å². The second kappa shape index (κ2) is 2.32. The lowest BCUT2D eigenvalue weighted by Crippen LogP contribution is -1.72. The van der Waals surface area contributed by atoms with Gasteiger partial charge in [0.1, 0.15) is 0 Å². The Hall–Kier alpha value is -1.29. The lowest BCUT2D eigenvalue weighted by atomic mass is 10.2. The number of hydrogen-bond donors (Lipinski definition) is 0. The van der Waals surface area contributed by atoms with Crippen molar-refractivity contribution in [2.75, 3.05) is 0 Å². The van der Waals surface area contributed by atoms with Gasteiger partial charge in [-0.3, -0.25) is 0 Å². The summed E-state index contributed by atoms with van der Waals surface area (Å²) in [5, 5.41) is 8.40. The molecule has 0 unspecified atom stereocenters. The molecular weight excluding hydrogens is 110 g/mol. The highest BCUT2D eigenvalue weighted by molar-refractivity contribution is 5.30. The van der Waals surface area contributed by atoms with Crippen LogP contribution in [0.25, 0.3) is 0 Å². The van der Waals surface area contributed by atoms with E-state index in [0.717, 1.165) is 5.56 Å². The molecule has 0 aliphatic heterocycles. The smallest absolute Gasteiger partial charge is 0.0991 e. The largest absolute Gasteiger partial charge is 0.192 e. The zero-order valence-electron chi connectivity index (χ0n) is 5.96. The molecular formula is C8H7N. The monoisotopic (exact) mass is 118 g/mol. The minimum atomic E-state index is 0.283. The van der Waals surface area contributed by atoms with Crippen LogP contribution in [0.4, 0.5) is 0 Å². The predicted octanol–water partition coefficient (Wildman–Crippen LogP) is 1.87. The highest BCUT2D eigenvalue weighted by Crippen LogP contribution is 1.99. The number of aryl methyl sites for hydroxylation is 1. The molecule has 0 amide bonds. The van der Waals surface area contributed by atoms with E-state index in [1.54, 1.807) is 24.3 Å². The van der Waals surface area contributed by atoms with E-state index in [0.29, 0.717) is 5.56 Å². The summed E-state index contributed by atoms with van der Waals surface area (Å²) >= 11 is 0. The van der Waals surface area contributed by atoms with Gasteiger partial charge in [-0.15, -0.1) is 0 Å². The summed E-state index contributed by atoms with van der Waals surface area (Å²) in [7, 11) is 0. The van der Waals surface area contributed by atoms with Gasteiger partial charge in [-0.1, -0.05) is 17.7 Å². The Kier molecular flexibility index (Phi) is 1.18. The number of hydrogen-bond acceptors (Lipinski definition) is 1. The minimum absolute atomic E-state index is 0.283. The van der Waals surface area contributed by atoms with Crippen molar-refractivity contribution in [1.29, 1.82) is 5.26 Å². The first kappa shape index (κ1) is 4.58. The van der Waals surface area contributed by atoms with Gasteiger partial charge in [-0.2, -0.15) is 5.26 Å². The Morgan fingerprint density at radius 2 is 2.11 bits per heavy atom. The highest BCUT2D eigenvalue weighted by atomic mass is 14.2. The molecule has 1 nitrogen and oxygen atoms in total. The van der Waals surface area contributed by atoms with Crippen LogP contribution in [0, 0.1) is 18.2 Å². The maximum Gasteiger partial charge on any atom is 0.0991 e. The SMILES string of the molecule is [2H]Cc1ccc(C#N)cc1. The molecule has 0 radical (unpaired) electrons. The van der Waals surface area contributed by atoms with Gasteiger partial charge >= 0.3 is 0 Å². The van der Waals surface area contributed by atoms with E-state index in [2.05, 4.69) is 0 Å². The number of nitriles is 1. The van der Waals surface area contributed by atoms with Crippen LogP contribution < -0.4 is 0 Å². The van der Waals surface area contributed by atoms with Crippen LogP contribution in [-0.2, 0) is 0 Å². The van der Waals surface area contributed by atoms with Crippen LogP contribution in [0.5, 0.6) is 0 Å². The molecule has 1 aromatic rings. The fourth-order valence-electron chi connectivity index (χ4n) is 0.579. The first-order valence-corrected chi connectivity index (χ1v) is 2.65. The second-order valence-electron chi connectivity index (χ2n) is 1.81. The van der Waals surface area contributed by atoms with E-state index in [1.807, 2.05) is 6.07 Å². The zero-order valence-corrected chi connectivity index (χ0v) is 4.96. The summed E-state index contributed by atoms with van der Waals surface area (Å²) < 4.78 is 6.99. The third-order valence-corrected chi connectivity index (χ3v) is 1.08. The van der Waals surface area contributed by atoms with E-state index in [-0.39, 0.29) is 6.90 Å². The Balaban J connectivity index is 2.93. The Labute approximate surface area is 56.0 Å². The van der Waals surface area contributed by atoms with Gasteiger partial charge in [0.15, 0.2) is 0 Å². The summed E-state index contributed by atoms with van der Waals surface area (Å²) in [5.74, 6) is 0. The number of benzene rings is 1. The molecule has 9 heavy (non-hydrogen) atoms. The molecule has 0 heterocycles.